The minimum atomic E-state index is -0.847. The number of fused-ring (bicyclic) bond motifs is 1. The molecule has 4 heteroatoms. The van der Waals surface area contributed by atoms with Crippen LogP contribution >= 0.6 is 0 Å². The molecule has 1 N–H and O–H groups in total. The summed E-state index contributed by atoms with van der Waals surface area (Å²) in [6, 6.07) is 5.60. The van der Waals surface area contributed by atoms with Gasteiger partial charge in [-0.05, 0) is 61.9 Å². The maximum Gasteiger partial charge on any atom is 0.307 e. The maximum atomic E-state index is 11.1. The second-order valence-electron chi connectivity index (χ2n) is 6.80. The van der Waals surface area contributed by atoms with Gasteiger partial charge in [0.1, 0.15) is 12.4 Å². The Labute approximate surface area is 175 Å². The average molecular weight is 396 g/mol. The summed E-state index contributed by atoms with van der Waals surface area (Å²) in [4.78, 5) is 13.3. The molecule has 0 bridgehead atoms. The number of carbonyl (C=O) groups is 1. The van der Waals surface area contributed by atoms with Gasteiger partial charge in [-0.15, -0.1) is 12.3 Å². The molecule has 156 valence electrons. The molecular weight excluding hydrogens is 362 g/mol. The van der Waals surface area contributed by atoms with Crippen molar-refractivity contribution in [1.29, 1.82) is 0 Å². The molecule has 0 saturated heterocycles. The molecule has 0 aromatic heterocycles. The second kappa shape index (κ2) is 12.6. The van der Waals surface area contributed by atoms with Crippen LogP contribution in [-0.2, 0) is 11.2 Å². The highest BCUT2D eigenvalue weighted by atomic mass is 16.5. The van der Waals surface area contributed by atoms with Gasteiger partial charge in [0.2, 0.25) is 0 Å². The molecule has 2 rings (SSSR count). The number of benzene rings is 1. The highest BCUT2D eigenvalue weighted by Gasteiger charge is 2.20. The van der Waals surface area contributed by atoms with Crippen LogP contribution in [0.3, 0.4) is 0 Å². The van der Waals surface area contributed by atoms with E-state index >= 15 is 0 Å². The number of nitrogens with zero attached hydrogens (tertiary/aromatic N) is 1. The number of carboxylic acids is 1. The van der Waals surface area contributed by atoms with E-state index < -0.39 is 5.97 Å². The van der Waals surface area contributed by atoms with Crippen molar-refractivity contribution in [1.82, 2.24) is 4.90 Å². The predicted molar refractivity (Wildman–Crippen MR) is 121 cm³/mol. The Morgan fingerprint density at radius 3 is 2.66 bits per heavy atom. The fourth-order valence-corrected chi connectivity index (χ4v) is 3.11. The van der Waals surface area contributed by atoms with Gasteiger partial charge in [-0.3, -0.25) is 4.79 Å². The largest absolute Gasteiger partial charge is 0.489 e. The number of ether oxygens (including phenoxy) is 1. The molecule has 1 aliphatic rings. The van der Waals surface area contributed by atoms with Crippen LogP contribution in [0.25, 0.3) is 5.57 Å². The SMILES string of the molecule is C#CCC1=C(/C=C\C)/C(=C/CCN(C)C)c2cc(CC(=O)O)ccc2OC1.CC. The van der Waals surface area contributed by atoms with Crippen LogP contribution in [0.4, 0.5) is 0 Å². The smallest absolute Gasteiger partial charge is 0.307 e. The van der Waals surface area contributed by atoms with Crippen molar-refractivity contribution in [2.24, 2.45) is 0 Å². The van der Waals surface area contributed by atoms with Gasteiger partial charge in [0.25, 0.3) is 0 Å². The summed E-state index contributed by atoms with van der Waals surface area (Å²) in [5, 5.41) is 9.15. The van der Waals surface area contributed by atoms with Gasteiger partial charge in [-0.1, -0.05) is 38.1 Å². The van der Waals surface area contributed by atoms with Crippen LogP contribution in [0.15, 0.2) is 47.6 Å². The summed E-state index contributed by atoms with van der Waals surface area (Å²) in [6.07, 6.45) is 13.2. The zero-order valence-electron chi connectivity index (χ0n) is 18.3. The first-order chi connectivity index (χ1) is 14.0. The van der Waals surface area contributed by atoms with Crippen LogP contribution in [0.5, 0.6) is 5.75 Å². The molecule has 0 amide bonds. The standard InChI is InChI=1S/C23H27NO3.C2H6/c1-5-8-18-16-27-22-12-11-17(15-23(25)26)14-21(22)20(19(18)9-6-2)10-7-13-24(3)4;1-2/h1,6,9-12,14H,7-8,13,15-16H2,2-4H3,(H,25,26);1-2H3/b9-6-,20-10-;. The van der Waals surface area contributed by atoms with E-state index in [1.165, 1.54) is 0 Å². The quantitative estimate of drug-likeness (QED) is 0.663. The topological polar surface area (TPSA) is 49.8 Å². The molecule has 0 saturated carbocycles. The summed E-state index contributed by atoms with van der Waals surface area (Å²) in [7, 11) is 4.08. The number of terminal acetylenes is 1. The van der Waals surface area contributed by atoms with Crippen molar-refractivity contribution < 1.29 is 14.6 Å². The van der Waals surface area contributed by atoms with Gasteiger partial charge in [0, 0.05) is 18.5 Å². The number of carboxylic acid groups (broad SMARTS) is 1. The molecule has 1 aromatic rings. The fourth-order valence-electron chi connectivity index (χ4n) is 3.11. The molecule has 0 spiro atoms. The van der Waals surface area contributed by atoms with Crippen molar-refractivity contribution in [3.8, 4) is 18.1 Å². The Morgan fingerprint density at radius 1 is 1.34 bits per heavy atom. The van der Waals surface area contributed by atoms with E-state index in [1.54, 1.807) is 0 Å². The summed E-state index contributed by atoms with van der Waals surface area (Å²) in [5.74, 6) is 2.64. The van der Waals surface area contributed by atoms with Gasteiger partial charge in [-0.25, -0.2) is 0 Å². The van der Waals surface area contributed by atoms with E-state index in [-0.39, 0.29) is 6.42 Å². The fraction of sp³-hybridized carbons (Fsp3) is 0.400. The van der Waals surface area contributed by atoms with Crippen LogP contribution in [-0.4, -0.2) is 43.2 Å². The first-order valence-corrected chi connectivity index (χ1v) is 10.1. The minimum absolute atomic E-state index is 0.0157. The lowest BCUT2D eigenvalue weighted by Crippen LogP contribution is -2.12. The van der Waals surface area contributed by atoms with E-state index in [2.05, 4.69) is 23.0 Å². The van der Waals surface area contributed by atoms with Crippen LogP contribution in [0.2, 0.25) is 0 Å². The zero-order valence-corrected chi connectivity index (χ0v) is 18.3. The van der Waals surface area contributed by atoms with E-state index in [0.717, 1.165) is 46.6 Å². The van der Waals surface area contributed by atoms with Crippen molar-refractivity contribution >= 4 is 11.5 Å². The number of aliphatic carboxylic acids is 1. The van der Waals surface area contributed by atoms with E-state index in [4.69, 9.17) is 16.3 Å². The Kier molecular flexibility index (Phi) is 10.6. The van der Waals surface area contributed by atoms with Gasteiger partial charge < -0.3 is 14.7 Å². The van der Waals surface area contributed by atoms with Gasteiger partial charge in [0.05, 0.1) is 6.42 Å². The zero-order chi connectivity index (χ0) is 21.8. The minimum Gasteiger partial charge on any atom is -0.489 e. The Morgan fingerprint density at radius 2 is 2.07 bits per heavy atom. The molecule has 0 aliphatic carbocycles. The van der Waals surface area contributed by atoms with Crippen LogP contribution < -0.4 is 4.74 Å². The highest BCUT2D eigenvalue weighted by Crippen LogP contribution is 2.38. The maximum absolute atomic E-state index is 11.1. The van der Waals surface area contributed by atoms with E-state index in [1.807, 2.05) is 59.1 Å². The molecule has 4 nitrogen and oxygen atoms in total. The third-order valence-electron chi connectivity index (χ3n) is 4.34. The van der Waals surface area contributed by atoms with Crippen molar-refractivity contribution in [2.75, 3.05) is 27.2 Å². The average Bonchev–Trinajstić information content (AvgIpc) is 2.81. The van der Waals surface area contributed by atoms with Crippen molar-refractivity contribution in [3.63, 3.8) is 0 Å². The number of hydrogen-bond donors (Lipinski definition) is 1. The summed E-state index contributed by atoms with van der Waals surface area (Å²) >= 11 is 0. The molecule has 0 atom stereocenters. The molecular formula is C25H33NO3. The second-order valence-corrected chi connectivity index (χ2v) is 6.80. The van der Waals surface area contributed by atoms with E-state index in [9.17, 15) is 4.79 Å². The summed E-state index contributed by atoms with van der Waals surface area (Å²) < 4.78 is 6.02. The number of allylic oxidation sites excluding steroid dienone is 4. The van der Waals surface area contributed by atoms with E-state index in [0.29, 0.717) is 13.0 Å². The summed E-state index contributed by atoms with van der Waals surface area (Å²) in [6.45, 7) is 7.33. The summed E-state index contributed by atoms with van der Waals surface area (Å²) in [5.41, 5.74) is 4.86. The van der Waals surface area contributed by atoms with Crippen molar-refractivity contribution in [3.05, 3.63) is 58.7 Å². The van der Waals surface area contributed by atoms with Crippen LogP contribution in [0.1, 0.15) is 44.7 Å². The monoisotopic (exact) mass is 395 g/mol. The highest BCUT2D eigenvalue weighted by molar-refractivity contribution is 5.87. The lowest BCUT2D eigenvalue weighted by molar-refractivity contribution is -0.136. The van der Waals surface area contributed by atoms with Gasteiger partial charge in [0.15, 0.2) is 0 Å². The molecule has 1 aliphatic heterocycles. The molecule has 1 aromatic carbocycles. The Balaban J connectivity index is 0.00000204. The predicted octanol–water partition coefficient (Wildman–Crippen LogP) is 4.96. The Bertz CT molecular complexity index is 823. The van der Waals surface area contributed by atoms with Gasteiger partial charge in [-0.2, -0.15) is 0 Å². The lowest BCUT2D eigenvalue weighted by atomic mass is 9.90. The first-order valence-electron chi connectivity index (χ1n) is 10.1. The molecule has 0 radical (unpaired) electrons. The first kappa shape index (κ1) is 24.3. The third kappa shape index (κ3) is 7.29. The molecule has 0 fully saturated rings. The van der Waals surface area contributed by atoms with Crippen molar-refractivity contribution in [2.45, 2.75) is 40.0 Å². The van der Waals surface area contributed by atoms with Crippen LogP contribution in [0, 0.1) is 12.3 Å². The molecule has 29 heavy (non-hydrogen) atoms. The lowest BCUT2D eigenvalue weighted by Gasteiger charge is -2.14. The molecule has 1 heterocycles. The Hall–Kier alpha value is -2.77. The number of rotatable bonds is 7. The third-order valence-corrected chi connectivity index (χ3v) is 4.34. The number of hydrogen-bond acceptors (Lipinski definition) is 3. The molecule has 0 unspecified atom stereocenters. The van der Waals surface area contributed by atoms with Gasteiger partial charge >= 0.3 is 5.97 Å². The normalized spacial score (nSPS) is 14.7.